The number of hydrogen-bond donors (Lipinski definition) is 1. The third-order valence-corrected chi connectivity index (χ3v) is 2.56. The summed E-state index contributed by atoms with van der Waals surface area (Å²) in [5, 5.41) is 0. The zero-order chi connectivity index (χ0) is 13.8. The van der Waals surface area contributed by atoms with E-state index in [1.807, 2.05) is 0 Å². The van der Waals surface area contributed by atoms with Crippen molar-refractivity contribution in [3.8, 4) is 0 Å². The lowest BCUT2D eigenvalue weighted by molar-refractivity contribution is 0.104. The smallest absolute Gasteiger partial charge is 0.188 e. The van der Waals surface area contributed by atoms with Crippen LogP contribution in [-0.2, 0) is 0 Å². The molecule has 0 heterocycles. The van der Waals surface area contributed by atoms with Gasteiger partial charge in [0.15, 0.2) is 5.78 Å². The number of benzene rings is 2. The number of anilines is 1. The van der Waals surface area contributed by atoms with Crippen LogP contribution in [0.3, 0.4) is 0 Å². The molecule has 0 spiro atoms. The van der Waals surface area contributed by atoms with E-state index in [1.54, 1.807) is 24.3 Å². The second-order valence-corrected chi connectivity index (χ2v) is 3.99. The van der Waals surface area contributed by atoms with Gasteiger partial charge in [-0.1, -0.05) is 18.2 Å². The molecule has 2 aromatic carbocycles. The molecule has 0 bridgehead atoms. The van der Waals surface area contributed by atoms with Crippen molar-refractivity contribution in [1.29, 1.82) is 0 Å². The molecule has 4 heteroatoms. The van der Waals surface area contributed by atoms with Crippen LogP contribution in [0.4, 0.5) is 14.5 Å². The van der Waals surface area contributed by atoms with Crippen LogP contribution in [-0.4, -0.2) is 5.78 Å². The first-order chi connectivity index (χ1) is 9.06. The Morgan fingerprint density at radius 2 is 1.74 bits per heavy atom. The molecule has 0 saturated heterocycles. The Labute approximate surface area is 109 Å². The lowest BCUT2D eigenvalue weighted by Gasteiger charge is -1.99. The maximum Gasteiger partial charge on any atom is 0.188 e. The Hall–Kier alpha value is -2.49. The molecule has 0 aliphatic heterocycles. The van der Waals surface area contributed by atoms with Crippen LogP contribution in [0.5, 0.6) is 0 Å². The minimum Gasteiger partial charge on any atom is -0.399 e. The standard InChI is InChI=1S/C15H11F2NO/c16-11-4-7-14(17)13(9-11)15(19)8-3-10-1-5-12(18)6-2-10/h1-9H,18H2/b8-3+. The van der Waals surface area contributed by atoms with Crippen molar-refractivity contribution < 1.29 is 13.6 Å². The molecule has 19 heavy (non-hydrogen) atoms. The first-order valence-electron chi connectivity index (χ1n) is 5.59. The Morgan fingerprint density at radius 3 is 2.42 bits per heavy atom. The largest absolute Gasteiger partial charge is 0.399 e. The van der Waals surface area contributed by atoms with Gasteiger partial charge >= 0.3 is 0 Å². The summed E-state index contributed by atoms with van der Waals surface area (Å²) in [6, 6.07) is 9.60. The van der Waals surface area contributed by atoms with E-state index in [-0.39, 0.29) is 5.56 Å². The quantitative estimate of drug-likeness (QED) is 0.521. The van der Waals surface area contributed by atoms with E-state index in [0.29, 0.717) is 5.69 Å². The summed E-state index contributed by atoms with van der Waals surface area (Å²) in [5.41, 5.74) is 6.60. The summed E-state index contributed by atoms with van der Waals surface area (Å²) in [6.45, 7) is 0. The molecule has 2 aromatic rings. The van der Waals surface area contributed by atoms with E-state index in [9.17, 15) is 13.6 Å². The van der Waals surface area contributed by atoms with Crippen molar-refractivity contribution >= 4 is 17.5 Å². The van der Waals surface area contributed by atoms with Gasteiger partial charge < -0.3 is 5.73 Å². The summed E-state index contributed by atoms with van der Waals surface area (Å²) in [6.07, 6.45) is 2.72. The number of rotatable bonds is 3. The molecule has 0 aliphatic rings. The van der Waals surface area contributed by atoms with E-state index >= 15 is 0 Å². The predicted octanol–water partition coefficient (Wildman–Crippen LogP) is 3.44. The fourth-order valence-corrected chi connectivity index (χ4v) is 1.56. The predicted molar refractivity (Wildman–Crippen MR) is 70.6 cm³/mol. The molecule has 0 atom stereocenters. The minimum atomic E-state index is -0.742. The molecule has 2 nitrogen and oxygen atoms in total. The van der Waals surface area contributed by atoms with Crippen molar-refractivity contribution in [2.24, 2.45) is 0 Å². The molecule has 0 saturated carbocycles. The van der Waals surface area contributed by atoms with Crippen molar-refractivity contribution in [2.75, 3.05) is 5.73 Å². The number of carbonyl (C=O) groups is 1. The summed E-state index contributed by atoms with van der Waals surface area (Å²) in [4.78, 5) is 11.7. The number of allylic oxidation sites excluding steroid dienone is 1. The molecular weight excluding hydrogens is 248 g/mol. The van der Waals surface area contributed by atoms with E-state index in [4.69, 9.17) is 5.73 Å². The SMILES string of the molecule is Nc1ccc(/C=C/C(=O)c2cc(F)ccc2F)cc1. The van der Waals surface area contributed by atoms with E-state index in [2.05, 4.69) is 0 Å². The molecule has 0 aliphatic carbocycles. The number of hydrogen-bond acceptors (Lipinski definition) is 2. The summed E-state index contributed by atoms with van der Waals surface area (Å²) in [5.74, 6) is -1.98. The number of nitrogens with two attached hydrogens (primary N) is 1. The molecule has 0 amide bonds. The average Bonchev–Trinajstić information content (AvgIpc) is 2.40. The number of halogens is 2. The Bertz CT molecular complexity index is 633. The molecular formula is C15H11F2NO. The molecule has 0 aromatic heterocycles. The second kappa shape index (κ2) is 5.44. The van der Waals surface area contributed by atoms with Crippen LogP contribution in [0.1, 0.15) is 15.9 Å². The third kappa shape index (κ3) is 3.25. The lowest BCUT2D eigenvalue weighted by Crippen LogP contribution is -1.99. The van der Waals surface area contributed by atoms with E-state index in [1.165, 1.54) is 12.2 Å². The Morgan fingerprint density at radius 1 is 1.05 bits per heavy atom. The van der Waals surface area contributed by atoms with Crippen molar-refractivity contribution in [3.63, 3.8) is 0 Å². The molecule has 2 rings (SSSR count). The molecule has 0 fully saturated rings. The van der Waals surface area contributed by atoms with Gasteiger partial charge in [-0.25, -0.2) is 8.78 Å². The Kier molecular flexibility index (Phi) is 3.71. The number of carbonyl (C=O) groups excluding carboxylic acids is 1. The van der Waals surface area contributed by atoms with Gasteiger partial charge in [0.05, 0.1) is 5.56 Å². The fourth-order valence-electron chi connectivity index (χ4n) is 1.56. The van der Waals surface area contributed by atoms with Crippen LogP contribution in [0, 0.1) is 11.6 Å². The summed E-state index contributed by atoms with van der Waals surface area (Å²) in [7, 11) is 0. The highest BCUT2D eigenvalue weighted by Crippen LogP contribution is 2.12. The van der Waals surface area contributed by atoms with Gasteiger partial charge in [-0.05, 0) is 42.0 Å². The minimum absolute atomic E-state index is 0.285. The first-order valence-corrected chi connectivity index (χ1v) is 5.59. The van der Waals surface area contributed by atoms with Gasteiger partial charge in [0.2, 0.25) is 0 Å². The highest BCUT2D eigenvalue weighted by molar-refractivity contribution is 6.07. The van der Waals surface area contributed by atoms with Crippen LogP contribution >= 0.6 is 0 Å². The monoisotopic (exact) mass is 259 g/mol. The molecule has 0 unspecified atom stereocenters. The Balaban J connectivity index is 2.21. The van der Waals surface area contributed by atoms with Gasteiger partial charge in [-0.15, -0.1) is 0 Å². The zero-order valence-corrected chi connectivity index (χ0v) is 9.94. The molecule has 2 N–H and O–H groups in total. The van der Waals surface area contributed by atoms with Crippen molar-refractivity contribution in [3.05, 3.63) is 71.3 Å². The highest BCUT2D eigenvalue weighted by Gasteiger charge is 2.09. The topological polar surface area (TPSA) is 43.1 Å². The highest BCUT2D eigenvalue weighted by atomic mass is 19.1. The van der Waals surface area contributed by atoms with Crippen LogP contribution in [0.2, 0.25) is 0 Å². The molecule has 96 valence electrons. The lowest BCUT2D eigenvalue weighted by atomic mass is 10.1. The van der Waals surface area contributed by atoms with Gasteiger partial charge in [-0.3, -0.25) is 4.79 Å². The number of ketones is 1. The van der Waals surface area contributed by atoms with Crippen LogP contribution in [0.25, 0.3) is 6.08 Å². The maximum atomic E-state index is 13.4. The number of nitrogen functional groups attached to an aromatic ring is 1. The van der Waals surface area contributed by atoms with Crippen molar-refractivity contribution in [1.82, 2.24) is 0 Å². The summed E-state index contributed by atoms with van der Waals surface area (Å²) < 4.78 is 26.3. The average molecular weight is 259 g/mol. The third-order valence-electron chi connectivity index (χ3n) is 2.56. The first kappa shape index (κ1) is 13.0. The van der Waals surface area contributed by atoms with E-state index < -0.39 is 17.4 Å². The fraction of sp³-hybridized carbons (Fsp3) is 0. The van der Waals surface area contributed by atoms with Crippen LogP contribution in [0.15, 0.2) is 48.5 Å². The zero-order valence-electron chi connectivity index (χ0n) is 9.94. The van der Waals surface area contributed by atoms with Crippen LogP contribution < -0.4 is 5.73 Å². The van der Waals surface area contributed by atoms with Gasteiger partial charge in [0, 0.05) is 5.69 Å². The maximum absolute atomic E-state index is 13.4. The van der Waals surface area contributed by atoms with Gasteiger partial charge in [0.1, 0.15) is 11.6 Å². The van der Waals surface area contributed by atoms with Crippen molar-refractivity contribution in [2.45, 2.75) is 0 Å². The normalized spacial score (nSPS) is 10.8. The van der Waals surface area contributed by atoms with Gasteiger partial charge in [-0.2, -0.15) is 0 Å². The van der Waals surface area contributed by atoms with Gasteiger partial charge in [0.25, 0.3) is 0 Å². The van der Waals surface area contributed by atoms with E-state index in [0.717, 1.165) is 23.8 Å². The second-order valence-electron chi connectivity index (χ2n) is 3.99. The molecule has 0 radical (unpaired) electrons. The summed E-state index contributed by atoms with van der Waals surface area (Å²) >= 11 is 0.